The molecular weight excluding hydrogens is 985 g/mol. The van der Waals surface area contributed by atoms with Crippen molar-refractivity contribution in [3.05, 3.63) is 232 Å². The maximum atomic E-state index is 10.6. The van der Waals surface area contributed by atoms with E-state index < -0.39 is 0 Å². The van der Waals surface area contributed by atoms with Gasteiger partial charge in [-0.05, 0) is 184 Å². The molecule has 0 aliphatic carbocycles. The van der Waals surface area contributed by atoms with E-state index in [1.807, 2.05) is 91.0 Å². The molecule has 3 heterocycles. The molecule has 0 aliphatic rings. The maximum Gasteiger partial charge on any atom is 0.0992 e. The monoisotopic (exact) mass is 1010 g/mol. The predicted octanol–water partition coefficient (Wildman–Crippen LogP) is 14.5. The van der Waals surface area contributed by atoms with E-state index in [4.69, 9.17) is 4.98 Å². The summed E-state index contributed by atoms with van der Waals surface area (Å²) in [6, 6.07) is 71.2. The van der Waals surface area contributed by atoms with Crippen LogP contribution >= 0.6 is 0 Å². The minimum atomic E-state index is 0.336. The van der Waals surface area contributed by atoms with Crippen LogP contribution in [0.4, 0.5) is 0 Å². The van der Waals surface area contributed by atoms with Crippen LogP contribution in [0.3, 0.4) is 0 Å². The Morgan fingerprint density at radius 1 is 0.250 bits per heavy atom. The van der Waals surface area contributed by atoms with Gasteiger partial charge >= 0.3 is 0 Å². The zero-order valence-corrected chi connectivity index (χ0v) is 41.7. The molecule has 0 bridgehead atoms. The molecule has 12 rings (SSSR count). The highest BCUT2D eigenvalue weighted by Crippen LogP contribution is 2.44. The van der Waals surface area contributed by atoms with Crippen molar-refractivity contribution in [3.8, 4) is 122 Å². The van der Waals surface area contributed by atoms with Crippen LogP contribution in [0.5, 0.6) is 0 Å². The van der Waals surface area contributed by atoms with Crippen molar-refractivity contribution in [2.75, 3.05) is 0 Å². The molecule has 0 radical (unpaired) electrons. The minimum Gasteiger partial charge on any atom is -0.309 e. The van der Waals surface area contributed by atoms with Gasteiger partial charge in [0.25, 0.3) is 0 Å². The predicted molar refractivity (Wildman–Crippen MR) is 303 cm³/mol. The van der Waals surface area contributed by atoms with E-state index >= 15 is 0 Å². The van der Waals surface area contributed by atoms with Crippen LogP contribution in [0, 0.1) is 102 Å². The van der Waals surface area contributed by atoms with Crippen LogP contribution < -0.4 is 0 Å². The zero-order valence-electron chi connectivity index (χ0n) is 41.7. The lowest BCUT2D eigenvalue weighted by Gasteiger charge is -2.18. The van der Waals surface area contributed by atoms with Gasteiger partial charge in [-0.3, -0.25) is 4.98 Å². The third-order valence-electron chi connectivity index (χ3n) is 14.3. The van der Waals surface area contributed by atoms with E-state index in [0.717, 1.165) is 77.1 Å². The zero-order chi connectivity index (χ0) is 55.2. The Labute approximate surface area is 456 Å². The van der Waals surface area contributed by atoms with Gasteiger partial charge in [0, 0.05) is 45.1 Å². The van der Waals surface area contributed by atoms with Crippen molar-refractivity contribution in [1.29, 1.82) is 47.4 Å². The van der Waals surface area contributed by atoms with Gasteiger partial charge in [0.2, 0.25) is 0 Å². The van der Waals surface area contributed by atoms with Gasteiger partial charge in [-0.2, -0.15) is 47.4 Å². The number of nitrogens with zero attached hydrogens (tertiary/aromatic N) is 12. The minimum absolute atomic E-state index is 0.336. The molecule has 80 heavy (non-hydrogen) atoms. The summed E-state index contributed by atoms with van der Waals surface area (Å²) < 4.78 is 4.25. The van der Waals surface area contributed by atoms with Crippen molar-refractivity contribution in [1.82, 2.24) is 14.1 Å². The Kier molecular flexibility index (Phi) is 11.7. The number of nitriles is 9. The molecular formula is C68H30N12. The van der Waals surface area contributed by atoms with E-state index in [1.165, 1.54) is 0 Å². The van der Waals surface area contributed by atoms with E-state index in [0.29, 0.717) is 83.6 Å². The molecule has 0 atom stereocenters. The van der Waals surface area contributed by atoms with Crippen molar-refractivity contribution in [3.63, 3.8) is 0 Å². The first-order valence-electron chi connectivity index (χ1n) is 24.6. The average molecular weight is 1020 g/mol. The van der Waals surface area contributed by atoms with Gasteiger partial charge in [0.1, 0.15) is 0 Å². The summed E-state index contributed by atoms with van der Waals surface area (Å²) in [5.41, 5.74) is 14.8. The summed E-state index contributed by atoms with van der Waals surface area (Å²) in [6.07, 6.45) is 3.51. The first-order chi connectivity index (χ1) is 39.2. The molecule has 12 nitrogen and oxygen atoms in total. The SMILES string of the molecule is N#Cc1cc(C#N)cc(-c2ccc3c(c2)c2cc(-c4cc(C#N)cc(C#N)c4)ccc2n3-c2ccncc2-c2ccc(C#N)cc2-n2c3ccc(-c4cc(C#N)cc(C#N)c4)cc3c3cc(-c4cc(C#N)cc(C#N)c4)ccc32)c1. The molecule has 3 aromatic heterocycles. The van der Waals surface area contributed by atoms with Gasteiger partial charge in [0.05, 0.1) is 138 Å². The van der Waals surface area contributed by atoms with Crippen LogP contribution in [-0.4, -0.2) is 14.1 Å². The van der Waals surface area contributed by atoms with Gasteiger partial charge in [0.15, 0.2) is 0 Å². The molecule has 0 spiro atoms. The second-order valence-electron chi connectivity index (χ2n) is 18.9. The van der Waals surface area contributed by atoms with Crippen LogP contribution in [0.2, 0.25) is 0 Å². The fourth-order valence-electron chi connectivity index (χ4n) is 10.8. The molecule has 362 valence electrons. The summed E-state index contributed by atoms with van der Waals surface area (Å²) in [7, 11) is 0. The molecule has 0 aliphatic heterocycles. The van der Waals surface area contributed by atoms with Crippen molar-refractivity contribution < 1.29 is 0 Å². The molecule has 0 amide bonds. The Balaban J connectivity index is 1.12. The fourth-order valence-corrected chi connectivity index (χ4v) is 10.8. The van der Waals surface area contributed by atoms with Crippen LogP contribution in [0.25, 0.3) is 111 Å². The van der Waals surface area contributed by atoms with Crippen molar-refractivity contribution >= 4 is 43.6 Å². The van der Waals surface area contributed by atoms with Crippen molar-refractivity contribution in [2.24, 2.45) is 0 Å². The Morgan fingerprint density at radius 2 is 0.550 bits per heavy atom. The highest BCUT2D eigenvalue weighted by Gasteiger charge is 2.23. The topological polar surface area (TPSA) is 237 Å². The molecule has 0 fully saturated rings. The Bertz CT molecular complexity index is 4750. The van der Waals surface area contributed by atoms with E-state index in [9.17, 15) is 47.4 Å². The lowest BCUT2D eigenvalue weighted by atomic mass is 9.97. The average Bonchev–Trinajstić information content (AvgIpc) is 4.22. The fraction of sp³-hybridized carbons (Fsp3) is 0. The third kappa shape index (κ3) is 8.17. The molecule has 9 aromatic carbocycles. The highest BCUT2D eigenvalue weighted by atomic mass is 15.0. The molecule has 12 heteroatoms. The van der Waals surface area contributed by atoms with Crippen LogP contribution in [0.1, 0.15) is 50.1 Å². The smallest absolute Gasteiger partial charge is 0.0992 e. The Morgan fingerprint density at radius 3 is 0.850 bits per heavy atom. The highest BCUT2D eigenvalue weighted by molar-refractivity contribution is 6.14. The first-order valence-corrected chi connectivity index (χ1v) is 24.6. The quantitative estimate of drug-likeness (QED) is 0.146. The molecule has 0 saturated carbocycles. The molecule has 0 saturated heterocycles. The largest absolute Gasteiger partial charge is 0.309 e. The summed E-state index contributed by atoms with van der Waals surface area (Å²) >= 11 is 0. The van der Waals surface area contributed by atoms with Crippen LogP contribution in [0.15, 0.2) is 182 Å². The summed E-state index contributed by atoms with van der Waals surface area (Å²) in [5, 5.41) is 93.3. The number of rotatable bonds is 7. The number of benzene rings is 9. The maximum absolute atomic E-state index is 10.6. The number of hydrogen-bond donors (Lipinski definition) is 0. The number of pyridine rings is 1. The summed E-state index contributed by atoms with van der Waals surface area (Å²) in [5.74, 6) is 0. The number of aromatic nitrogens is 3. The normalized spacial score (nSPS) is 10.6. The van der Waals surface area contributed by atoms with Gasteiger partial charge in [-0.1, -0.05) is 30.3 Å². The molecule has 0 unspecified atom stereocenters. The van der Waals surface area contributed by atoms with E-state index in [-0.39, 0.29) is 0 Å². The van der Waals surface area contributed by atoms with Gasteiger partial charge in [-0.15, -0.1) is 0 Å². The third-order valence-corrected chi connectivity index (χ3v) is 14.3. The summed E-state index contributed by atoms with van der Waals surface area (Å²) in [4.78, 5) is 4.72. The molecule has 12 aromatic rings. The standard InChI is InChI=1S/C68H30N12/c69-30-40-1-6-57(68(25-40)80-65-9-4-51(55-21-45(35-74)15-46(22-55)36-75)28-60(65)61-29-52(5-10-66(61)80)56-23-47(37-76)16-48(24-56)38-77)62-39-78-12-11-67(62)79-63-7-2-49(53-17-41(31-70)13-42(18-53)32-71)26-58(63)59-27-50(3-8-64(59)79)54-19-43(33-72)14-44(20-54)34-73/h1-29,39H. The lowest BCUT2D eigenvalue weighted by Crippen LogP contribution is -2.02. The van der Waals surface area contributed by atoms with Crippen LogP contribution in [-0.2, 0) is 0 Å². The number of fused-ring (bicyclic) bond motifs is 6. The second kappa shape index (κ2) is 19.4. The molecule has 0 N–H and O–H groups in total. The second-order valence-corrected chi connectivity index (χ2v) is 18.9. The summed E-state index contributed by atoms with van der Waals surface area (Å²) in [6.45, 7) is 0. The van der Waals surface area contributed by atoms with Gasteiger partial charge < -0.3 is 9.13 Å². The number of hydrogen-bond acceptors (Lipinski definition) is 10. The van der Waals surface area contributed by atoms with E-state index in [1.54, 1.807) is 91.3 Å². The first kappa shape index (κ1) is 48.1. The van der Waals surface area contributed by atoms with Crippen molar-refractivity contribution in [2.45, 2.75) is 0 Å². The lowest BCUT2D eigenvalue weighted by molar-refractivity contribution is 1.14. The van der Waals surface area contributed by atoms with Gasteiger partial charge in [-0.25, -0.2) is 0 Å². The Hall–Kier alpha value is -12.9. The van der Waals surface area contributed by atoms with E-state index in [2.05, 4.69) is 63.8 Å².